The zero-order chi connectivity index (χ0) is 16.4. The lowest BCUT2D eigenvalue weighted by Crippen LogP contribution is -2.33. The van der Waals surface area contributed by atoms with Crippen LogP contribution >= 0.6 is 11.3 Å². The van der Waals surface area contributed by atoms with Crippen molar-refractivity contribution in [3.05, 3.63) is 88.1 Å². The number of nitrogens with zero attached hydrogens (tertiary/aromatic N) is 1. The summed E-state index contributed by atoms with van der Waals surface area (Å²) >= 11 is 1.54. The van der Waals surface area contributed by atoms with Crippen LogP contribution in [0, 0.1) is 0 Å². The lowest BCUT2D eigenvalue weighted by atomic mass is 10.1. The van der Waals surface area contributed by atoms with Gasteiger partial charge in [0.15, 0.2) is 0 Å². The molecule has 1 atom stereocenters. The van der Waals surface area contributed by atoms with Crippen molar-refractivity contribution in [1.29, 1.82) is 0 Å². The van der Waals surface area contributed by atoms with Crippen LogP contribution in [0.5, 0.6) is 5.75 Å². The number of fused-ring (bicyclic) bond motifs is 1. The number of rotatable bonds is 2. The molecule has 120 valence electrons. The van der Waals surface area contributed by atoms with Gasteiger partial charge in [-0.2, -0.15) is 11.3 Å². The molecule has 0 N–H and O–H groups in total. The normalized spacial score (nSPS) is 16.8. The smallest absolute Gasteiger partial charge is 0.255 e. The molecule has 4 rings (SSSR count). The number of ether oxygens (including phenoxy) is 1. The maximum Gasteiger partial charge on any atom is 0.255 e. The van der Waals surface area contributed by atoms with E-state index in [0.717, 1.165) is 22.4 Å². The Hall–Kier alpha value is -2.59. The number of carbonyl (C=O) groups excluding carboxylic acids is 1. The molecule has 0 saturated heterocycles. The highest BCUT2D eigenvalue weighted by atomic mass is 32.1. The Bertz CT molecular complexity index is 830. The second-order valence-corrected chi connectivity index (χ2v) is 6.60. The first-order valence-corrected chi connectivity index (χ1v) is 8.86. The molecule has 0 aliphatic carbocycles. The molecule has 2 heterocycles. The monoisotopic (exact) mass is 335 g/mol. The number of benzene rings is 2. The molecular weight excluding hydrogens is 318 g/mol. The third-order valence-corrected chi connectivity index (χ3v) is 4.90. The van der Waals surface area contributed by atoms with Gasteiger partial charge in [0.05, 0.1) is 12.1 Å². The van der Waals surface area contributed by atoms with Crippen molar-refractivity contribution in [2.75, 3.05) is 6.54 Å². The largest absolute Gasteiger partial charge is 0.484 e. The van der Waals surface area contributed by atoms with Gasteiger partial charge < -0.3 is 9.64 Å². The van der Waals surface area contributed by atoms with Crippen molar-refractivity contribution in [3.8, 4) is 5.75 Å². The molecule has 1 aromatic heterocycles. The third-order valence-electron chi connectivity index (χ3n) is 4.22. The van der Waals surface area contributed by atoms with Crippen LogP contribution in [-0.4, -0.2) is 17.4 Å². The van der Waals surface area contributed by atoms with E-state index >= 15 is 0 Å². The Morgan fingerprint density at radius 3 is 2.62 bits per heavy atom. The van der Waals surface area contributed by atoms with Crippen LogP contribution in [0.15, 0.2) is 71.4 Å². The minimum absolute atomic E-state index is 0.0532. The minimum Gasteiger partial charge on any atom is -0.484 e. The maximum absolute atomic E-state index is 12.9. The Labute approximate surface area is 145 Å². The SMILES string of the molecule is O=C(c1ccsc1)N1Cc2ccccc2O[C@@H](c2ccccc2)C1. The molecular formula is C20H17NO2S. The summed E-state index contributed by atoms with van der Waals surface area (Å²) in [6.45, 7) is 1.10. The van der Waals surface area contributed by atoms with E-state index in [2.05, 4.69) is 0 Å². The molecule has 0 radical (unpaired) electrons. The second-order valence-electron chi connectivity index (χ2n) is 5.82. The van der Waals surface area contributed by atoms with Gasteiger partial charge in [-0.05, 0) is 23.1 Å². The number of hydrogen-bond acceptors (Lipinski definition) is 3. The van der Waals surface area contributed by atoms with Gasteiger partial charge >= 0.3 is 0 Å². The summed E-state index contributed by atoms with van der Waals surface area (Å²) in [5, 5.41) is 3.84. The van der Waals surface area contributed by atoms with Gasteiger partial charge in [0.1, 0.15) is 11.9 Å². The molecule has 1 aliphatic heterocycles. The van der Waals surface area contributed by atoms with Gasteiger partial charge in [0, 0.05) is 17.5 Å². The summed E-state index contributed by atoms with van der Waals surface area (Å²) < 4.78 is 6.25. The molecule has 24 heavy (non-hydrogen) atoms. The summed E-state index contributed by atoms with van der Waals surface area (Å²) in [4.78, 5) is 14.8. The summed E-state index contributed by atoms with van der Waals surface area (Å²) in [5.41, 5.74) is 2.86. The number of amides is 1. The standard InChI is InChI=1S/C20H17NO2S/c22-20(17-10-11-24-14-17)21-12-16-8-4-5-9-18(16)23-19(13-21)15-6-2-1-3-7-15/h1-11,14,19H,12-13H2/t19-/m1/s1. The van der Waals surface area contributed by atoms with Crippen molar-refractivity contribution < 1.29 is 9.53 Å². The van der Waals surface area contributed by atoms with Gasteiger partial charge in [-0.25, -0.2) is 0 Å². The fraction of sp³-hybridized carbons (Fsp3) is 0.150. The number of para-hydroxylation sites is 1. The molecule has 1 aliphatic rings. The summed E-state index contributed by atoms with van der Waals surface area (Å²) in [7, 11) is 0. The zero-order valence-electron chi connectivity index (χ0n) is 13.1. The summed E-state index contributed by atoms with van der Waals surface area (Å²) in [5.74, 6) is 0.907. The predicted molar refractivity (Wildman–Crippen MR) is 95.3 cm³/mol. The maximum atomic E-state index is 12.9. The predicted octanol–water partition coefficient (Wildman–Crippen LogP) is 4.52. The van der Waals surface area contributed by atoms with Crippen LogP contribution in [-0.2, 0) is 6.54 Å². The molecule has 4 heteroatoms. The number of hydrogen-bond donors (Lipinski definition) is 0. The van der Waals surface area contributed by atoms with Gasteiger partial charge in [0.2, 0.25) is 0 Å². The van der Waals surface area contributed by atoms with E-state index in [4.69, 9.17) is 4.74 Å². The van der Waals surface area contributed by atoms with Crippen molar-refractivity contribution in [3.63, 3.8) is 0 Å². The van der Waals surface area contributed by atoms with Gasteiger partial charge in [0.25, 0.3) is 5.91 Å². The number of carbonyl (C=O) groups is 1. The minimum atomic E-state index is -0.169. The van der Waals surface area contributed by atoms with E-state index in [1.165, 1.54) is 0 Å². The topological polar surface area (TPSA) is 29.5 Å². The molecule has 0 bridgehead atoms. The lowest BCUT2D eigenvalue weighted by molar-refractivity contribution is 0.0678. The van der Waals surface area contributed by atoms with Crippen molar-refractivity contribution in [2.24, 2.45) is 0 Å². The molecule has 2 aromatic carbocycles. The molecule has 3 nitrogen and oxygen atoms in total. The lowest BCUT2D eigenvalue weighted by Gasteiger charge is -2.24. The quantitative estimate of drug-likeness (QED) is 0.689. The fourth-order valence-corrected chi connectivity index (χ4v) is 3.60. The Kier molecular flexibility index (Phi) is 4.05. The van der Waals surface area contributed by atoms with Crippen molar-refractivity contribution >= 4 is 17.2 Å². The Morgan fingerprint density at radius 1 is 1.04 bits per heavy atom. The second kappa shape index (κ2) is 6.49. The highest BCUT2D eigenvalue weighted by Crippen LogP contribution is 2.31. The third kappa shape index (κ3) is 2.93. The van der Waals surface area contributed by atoms with Crippen molar-refractivity contribution in [2.45, 2.75) is 12.6 Å². The van der Waals surface area contributed by atoms with Gasteiger partial charge in [-0.1, -0.05) is 48.5 Å². The van der Waals surface area contributed by atoms with E-state index in [0.29, 0.717) is 13.1 Å². The highest BCUT2D eigenvalue weighted by Gasteiger charge is 2.27. The van der Waals surface area contributed by atoms with Crippen LogP contribution in [0.3, 0.4) is 0 Å². The van der Waals surface area contributed by atoms with E-state index in [1.807, 2.05) is 76.3 Å². The van der Waals surface area contributed by atoms with Gasteiger partial charge in [-0.15, -0.1) is 0 Å². The Morgan fingerprint density at radius 2 is 1.83 bits per heavy atom. The molecule has 3 aromatic rings. The first-order chi connectivity index (χ1) is 11.8. The zero-order valence-corrected chi connectivity index (χ0v) is 13.9. The average molecular weight is 335 g/mol. The molecule has 1 amide bonds. The first kappa shape index (κ1) is 15.0. The molecule has 0 unspecified atom stereocenters. The van der Waals surface area contributed by atoms with Gasteiger partial charge in [-0.3, -0.25) is 4.79 Å². The summed E-state index contributed by atoms with van der Waals surface area (Å²) in [6, 6.07) is 19.9. The van der Waals surface area contributed by atoms with Crippen LogP contribution in [0.2, 0.25) is 0 Å². The van der Waals surface area contributed by atoms with Crippen LogP contribution in [0.25, 0.3) is 0 Å². The molecule has 0 fully saturated rings. The Balaban J connectivity index is 1.71. The van der Waals surface area contributed by atoms with Crippen molar-refractivity contribution in [1.82, 2.24) is 4.90 Å². The molecule has 0 saturated carbocycles. The average Bonchev–Trinajstić information content (AvgIpc) is 3.09. The van der Waals surface area contributed by atoms with Crippen LogP contribution in [0.4, 0.5) is 0 Å². The van der Waals surface area contributed by atoms with E-state index in [-0.39, 0.29) is 12.0 Å². The molecule has 0 spiro atoms. The van der Waals surface area contributed by atoms with E-state index < -0.39 is 0 Å². The fourth-order valence-electron chi connectivity index (χ4n) is 2.97. The summed E-state index contributed by atoms with van der Waals surface area (Å²) in [6.07, 6.45) is -0.169. The van der Waals surface area contributed by atoms with Crippen LogP contribution < -0.4 is 4.74 Å². The van der Waals surface area contributed by atoms with Crippen LogP contribution in [0.1, 0.15) is 27.6 Å². The first-order valence-electron chi connectivity index (χ1n) is 7.92. The van der Waals surface area contributed by atoms with E-state index in [1.54, 1.807) is 11.3 Å². The highest BCUT2D eigenvalue weighted by molar-refractivity contribution is 7.08. The van der Waals surface area contributed by atoms with E-state index in [9.17, 15) is 4.79 Å². The number of thiophene rings is 1.